The predicted molar refractivity (Wildman–Crippen MR) is 53.4 cm³/mol. The summed E-state index contributed by atoms with van der Waals surface area (Å²) < 4.78 is 13.4. The Kier molecular flexibility index (Phi) is 2.11. The third-order valence-corrected chi connectivity index (χ3v) is 2.18. The molecule has 0 amide bonds. The molecule has 1 aromatic carbocycles. The van der Waals surface area contributed by atoms with Crippen molar-refractivity contribution in [3.05, 3.63) is 41.3 Å². The maximum Gasteiger partial charge on any atom is 0.336 e. The van der Waals surface area contributed by atoms with E-state index in [9.17, 15) is 9.18 Å². The van der Waals surface area contributed by atoms with Crippen LogP contribution in [0.15, 0.2) is 24.3 Å². The van der Waals surface area contributed by atoms with Crippen molar-refractivity contribution in [2.24, 2.45) is 0 Å². The lowest BCUT2D eigenvalue weighted by Gasteiger charge is -2.03. The molecule has 0 aliphatic heterocycles. The predicted octanol–water partition coefficient (Wildman–Crippen LogP) is 2.38. The van der Waals surface area contributed by atoms with Crippen molar-refractivity contribution in [1.29, 1.82) is 0 Å². The van der Waals surface area contributed by atoms with Crippen LogP contribution in [0.25, 0.3) is 10.9 Å². The molecule has 0 fully saturated rings. The largest absolute Gasteiger partial charge is 0.478 e. The van der Waals surface area contributed by atoms with Gasteiger partial charge in [-0.2, -0.15) is 0 Å². The minimum atomic E-state index is -1.08. The van der Waals surface area contributed by atoms with E-state index in [1.807, 2.05) is 0 Å². The number of fused-ring (bicyclic) bond motifs is 1. The fraction of sp³-hybridized carbons (Fsp3) is 0.0909. The van der Waals surface area contributed by atoms with Crippen LogP contribution in [0.3, 0.4) is 0 Å². The highest BCUT2D eigenvalue weighted by molar-refractivity contribution is 6.02. The lowest BCUT2D eigenvalue weighted by atomic mass is 10.1. The Morgan fingerprint density at radius 3 is 2.73 bits per heavy atom. The standard InChI is InChI=1S/C11H8FNO2/c1-6-2-3-7-8(11(14)15)4-5-9(12)10(7)13-6/h2-5H,1H3,(H,14,15). The van der Waals surface area contributed by atoms with Gasteiger partial charge in [0.05, 0.1) is 5.56 Å². The Balaban J connectivity index is 2.88. The van der Waals surface area contributed by atoms with Gasteiger partial charge in [-0.3, -0.25) is 4.98 Å². The van der Waals surface area contributed by atoms with Gasteiger partial charge in [0.15, 0.2) is 0 Å². The number of carboxylic acid groups (broad SMARTS) is 1. The summed E-state index contributed by atoms with van der Waals surface area (Å²) in [5.41, 5.74) is 0.831. The molecule has 1 N–H and O–H groups in total. The van der Waals surface area contributed by atoms with Gasteiger partial charge in [-0.15, -0.1) is 0 Å². The smallest absolute Gasteiger partial charge is 0.336 e. The van der Waals surface area contributed by atoms with Gasteiger partial charge in [0.25, 0.3) is 0 Å². The first-order valence-corrected chi connectivity index (χ1v) is 4.39. The fourth-order valence-corrected chi connectivity index (χ4v) is 1.47. The van der Waals surface area contributed by atoms with E-state index in [4.69, 9.17) is 5.11 Å². The number of carboxylic acids is 1. The second-order valence-electron chi connectivity index (χ2n) is 3.25. The summed E-state index contributed by atoms with van der Waals surface area (Å²) in [6.07, 6.45) is 0. The number of rotatable bonds is 1. The van der Waals surface area contributed by atoms with E-state index in [0.29, 0.717) is 11.1 Å². The summed E-state index contributed by atoms with van der Waals surface area (Å²) in [7, 11) is 0. The van der Waals surface area contributed by atoms with Crippen LogP contribution in [0, 0.1) is 12.7 Å². The van der Waals surface area contributed by atoms with Gasteiger partial charge in [-0.05, 0) is 25.1 Å². The number of nitrogens with zero attached hydrogens (tertiary/aromatic N) is 1. The Bertz CT molecular complexity index is 552. The number of halogens is 1. The number of carbonyl (C=O) groups is 1. The lowest BCUT2D eigenvalue weighted by Crippen LogP contribution is -1.99. The molecule has 0 atom stereocenters. The van der Waals surface area contributed by atoms with E-state index in [1.54, 1.807) is 19.1 Å². The number of hydrogen-bond acceptors (Lipinski definition) is 2. The molecule has 1 heterocycles. The summed E-state index contributed by atoms with van der Waals surface area (Å²) >= 11 is 0. The van der Waals surface area contributed by atoms with E-state index in [1.165, 1.54) is 6.07 Å². The summed E-state index contributed by atoms with van der Waals surface area (Å²) in [5.74, 6) is -1.58. The van der Waals surface area contributed by atoms with Crippen LogP contribution < -0.4 is 0 Å². The summed E-state index contributed by atoms with van der Waals surface area (Å²) in [4.78, 5) is 14.8. The van der Waals surface area contributed by atoms with Crippen molar-refractivity contribution in [3.8, 4) is 0 Å². The molecule has 0 aliphatic carbocycles. The topological polar surface area (TPSA) is 50.2 Å². The van der Waals surface area contributed by atoms with E-state index >= 15 is 0 Å². The normalized spacial score (nSPS) is 10.5. The quantitative estimate of drug-likeness (QED) is 0.777. The van der Waals surface area contributed by atoms with Crippen LogP contribution >= 0.6 is 0 Å². The van der Waals surface area contributed by atoms with E-state index in [0.717, 1.165) is 6.07 Å². The molecule has 76 valence electrons. The van der Waals surface area contributed by atoms with Crippen LogP contribution in [-0.2, 0) is 0 Å². The van der Waals surface area contributed by atoms with Crippen molar-refractivity contribution in [1.82, 2.24) is 4.98 Å². The van der Waals surface area contributed by atoms with Crippen molar-refractivity contribution >= 4 is 16.9 Å². The average molecular weight is 205 g/mol. The molecule has 0 aliphatic rings. The number of hydrogen-bond donors (Lipinski definition) is 1. The minimum absolute atomic E-state index is 0.0684. The Hall–Kier alpha value is -1.97. The minimum Gasteiger partial charge on any atom is -0.478 e. The number of aromatic carboxylic acids is 1. The Labute approximate surface area is 85.2 Å². The Morgan fingerprint density at radius 2 is 2.07 bits per heavy atom. The second-order valence-corrected chi connectivity index (χ2v) is 3.25. The molecular formula is C11H8FNO2. The molecule has 0 spiro atoms. The molecule has 2 aromatic rings. The maximum atomic E-state index is 13.4. The number of aryl methyl sites for hydroxylation is 1. The molecule has 0 saturated heterocycles. The van der Waals surface area contributed by atoms with Gasteiger partial charge in [-0.25, -0.2) is 9.18 Å². The van der Waals surface area contributed by atoms with Crippen LogP contribution in [0.2, 0.25) is 0 Å². The van der Waals surface area contributed by atoms with Crippen molar-refractivity contribution < 1.29 is 14.3 Å². The SMILES string of the molecule is Cc1ccc2c(C(=O)O)ccc(F)c2n1. The summed E-state index contributed by atoms with van der Waals surface area (Å²) in [5, 5.41) is 9.22. The van der Waals surface area contributed by atoms with Gasteiger partial charge < -0.3 is 5.11 Å². The molecule has 0 radical (unpaired) electrons. The zero-order valence-corrected chi connectivity index (χ0v) is 7.99. The molecule has 15 heavy (non-hydrogen) atoms. The lowest BCUT2D eigenvalue weighted by molar-refractivity contribution is 0.0699. The highest BCUT2D eigenvalue weighted by Crippen LogP contribution is 2.20. The molecule has 3 nitrogen and oxygen atoms in total. The van der Waals surface area contributed by atoms with Gasteiger partial charge in [-0.1, -0.05) is 6.07 Å². The molecule has 2 rings (SSSR count). The monoisotopic (exact) mass is 205 g/mol. The maximum absolute atomic E-state index is 13.4. The first-order valence-electron chi connectivity index (χ1n) is 4.39. The van der Waals surface area contributed by atoms with Crippen molar-refractivity contribution in [3.63, 3.8) is 0 Å². The number of pyridine rings is 1. The highest BCUT2D eigenvalue weighted by atomic mass is 19.1. The van der Waals surface area contributed by atoms with Gasteiger partial charge in [0.1, 0.15) is 11.3 Å². The molecule has 4 heteroatoms. The number of aromatic nitrogens is 1. The third kappa shape index (κ3) is 1.54. The van der Waals surface area contributed by atoms with Gasteiger partial charge in [0, 0.05) is 11.1 Å². The van der Waals surface area contributed by atoms with E-state index < -0.39 is 11.8 Å². The molecule has 1 aromatic heterocycles. The first-order chi connectivity index (χ1) is 7.09. The van der Waals surface area contributed by atoms with E-state index in [-0.39, 0.29) is 11.1 Å². The van der Waals surface area contributed by atoms with Crippen molar-refractivity contribution in [2.75, 3.05) is 0 Å². The van der Waals surface area contributed by atoms with Crippen LogP contribution in [0.1, 0.15) is 16.1 Å². The van der Waals surface area contributed by atoms with Crippen LogP contribution in [0.4, 0.5) is 4.39 Å². The van der Waals surface area contributed by atoms with Crippen LogP contribution in [0.5, 0.6) is 0 Å². The number of benzene rings is 1. The fourth-order valence-electron chi connectivity index (χ4n) is 1.47. The first kappa shape index (κ1) is 9.58. The Morgan fingerprint density at radius 1 is 1.33 bits per heavy atom. The third-order valence-electron chi connectivity index (χ3n) is 2.18. The van der Waals surface area contributed by atoms with Gasteiger partial charge >= 0.3 is 5.97 Å². The average Bonchev–Trinajstić information content (AvgIpc) is 2.19. The highest BCUT2D eigenvalue weighted by Gasteiger charge is 2.11. The molecule has 0 saturated carbocycles. The van der Waals surface area contributed by atoms with Crippen LogP contribution in [-0.4, -0.2) is 16.1 Å². The summed E-state index contributed by atoms with van der Waals surface area (Å²) in [6, 6.07) is 5.60. The van der Waals surface area contributed by atoms with Gasteiger partial charge in [0.2, 0.25) is 0 Å². The molecule has 0 unspecified atom stereocenters. The zero-order chi connectivity index (χ0) is 11.0. The van der Waals surface area contributed by atoms with Crippen molar-refractivity contribution in [2.45, 2.75) is 6.92 Å². The molecule has 0 bridgehead atoms. The zero-order valence-electron chi connectivity index (χ0n) is 7.99. The second kappa shape index (κ2) is 3.31. The van der Waals surface area contributed by atoms with E-state index in [2.05, 4.69) is 4.98 Å². The molecular weight excluding hydrogens is 197 g/mol. The summed E-state index contributed by atoms with van der Waals surface area (Å²) in [6.45, 7) is 1.73.